The van der Waals surface area contributed by atoms with Crippen LogP contribution in [0.5, 0.6) is 0 Å². The average molecular weight is 370 g/mol. The van der Waals surface area contributed by atoms with Gasteiger partial charge in [-0.15, -0.1) is 10.2 Å². The topological polar surface area (TPSA) is 106 Å². The van der Waals surface area contributed by atoms with E-state index in [2.05, 4.69) is 20.2 Å². The summed E-state index contributed by atoms with van der Waals surface area (Å²) in [5.74, 6) is -0.492. The maximum absolute atomic E-state index is 12.0. The molecular weight excluding hydrogens is 361 g/mol. The molecule has 0 bridgehead atoms. The highest BCUT2D eigenvalue weighted by Gasteiger charge is 2.17. The third-order valence-electron chi connectivity index (χ3n) is 2.27. The van der Waals surface area contributed by atoms with Crippen molar-refractivity contribution in [2.45, 2.75) is 0 Å². The van der Waals surface area contributed by atoms with Crippen molar-refractivity contribution >= 4 is 60.7 Å². The summed E-state index contributed by atoms with van der Waals surface area (Å²) in [6, 6.07) is 1.41. The SMILES string of the molecule is Cn1c(C(=O)Nc2nnc(NS(C)(=O)=O)s2)cc(Cl)c1Cl. The Morgan fingerprint density at radius 2 is 1.95 bits per heavy atom. The van der Waals surface area contributed by atoms with Crippen molar-refractivity contribution in [2.75, 3.05) is 16.3 Å². The molecule has 2 aromatic rings. The predicted molar refractivity (Wildman–Crippen MR) is 81.8 cm³/mol. The van der Waals surface area contributed by atoms with Crippen LogP contribution in [0.3, 0.4) is 0 Å². The van der Waals surface area contributed by atoms with E-state index in [4.69, 9.17) is 23.2 Å². The minimum absolute atomic E-state index is 0.0516. The summed E-state index contributed by atoms with van der Waals surface area (Å²) in [5, 5.41) is 10.4. The Hall–Kier alpha value is -1.36. The lowest BCUT2D eigenvalue weighted by molar-refractivity contribution is 0.101. The number of carbonyl (C=O) groups is 1. The first-order valence-electron chi connectivity index (χ1n) is 5.31. The molecular formula is C9H9Cl2N5O3S2. The van der Waals surface area contributed by atoms with Gasteiger partial charge in [0.1, 0.15) is 10.8 Å². The monoisotopic (exact) mass is 369 g/mol. The van der Waals surface area contributed by atoms with Gasteiger partial charge in [-0.2, -0.15) is 0 Å². The maximum atomic E-state index is 12.0. The number of hydrogen-bond acceptors (Lipinski definition) is 6. The molecule has 0 atom stereocenters. The summed E-state index contributed by atoms with van der Waals surface area (Å²) in [4.78, 5) is 12.0. The molecule has 114 valence electrons. The molecule has 0 radical (unpaired) electrons. The van der Waals surface area contributed by atoms with Crippen LogP contribution in [0, 0.1) is 0 Å². The van der Waals surface area contributed by atoms with Crippen molar-refractivity contribution in [2.24, 2.45) is 7.05 Å². The van der Waals surface area contributed by atoms with Crippen molar-refractivity contribution < 1.29 is 13.2 Å². The lowest BCUT2D eigenvalue weighted by Crippen LogP contribution is -2.15. The van der Waals surface area contributed by atoms with Crippen molar-refractivity contribution in [3.8, 4) is 0 Å². The predicted octanol–water partition coefficient (Wildman–Crippen LogP) is 1.81. The van der Waals surface area contributed by atoms with E-state index in [1.54, 1.807) is 7.05 Å². The number of hydrogen-bond donors (Lipinski definition) is 2. The molecule has 8 nitrogen and oxygen atoms in total. The van der Waals surface area contributed by atoms with Crippen molar-refractivity contribution in [3.05, 3.63) is 21.9 Å². The number of aromatic nitrogens is 3. The summed E-state index contributed by atoms with van der Waals surface area (Å²) in [6.07, 6.45) is 0.987. The van der Waals surface area contributed by atoms with Crippen LogP contribution in [-0.2, 0) is 17.1 Å². The summed E-state index contributed by atoms with van der Waals surface area (Å²) in [6.45, 7) is 0. The second-order valence-electron chi connectivity index (χ2n) is 3.97. The first-order valence-corrected chi connectivity index (χ1v) is 8.77. The number of anilines is 2. The zero-order chi connectivity index (χ0) is 15.8. The van der Waals surface area contributed by atoms with Gasteiger partial charge < -0.3 is 4.57 Å². The van der Waals surface area contributed by atoms with Gasteiger partial charge in [-0.3, -0.25) is 14.8 Å². The van der Waals surface area contributed by atoms with Crippen LogP contribution in [0.1, 0.15) is 10.5 Å². The molecule has 0 saturated carbocycles. The van der Waals surface area contributed by atoms with Crippen LogP contribution in [-0.4, -0.2) is 35.3 Å². The number of rotatable bonds is 4. The third kappa shape index (κ3) is 3.84. The molecule has 0 aromatic carbocycles. The van der Waals surface area contributed by atoms with E-state index in [-0.39, 0.29) is 26.1 Å². The number of sulfonamides is 1. The van der Waals surface area contributed by atoms with Crippen LogP contribution >= 0.6 is 34.5 Å². The Labute approximate surface area is 134 Å². The van der Waals surface area contributed by atoms with Crippen LogP contribution in [0.15, 0.2) is 6.07 Å². The summed E-state index contributed by atoms with van der Waals surface area (Å²) in [5.41, 5.74) is 0.234. The molecule has 0 aliphatic heterocycles. The van der Waals surface area contributed by atoms with E-state index in [9.17, 15) is 13.2 Å². The Bertz CT molecular complexity index is 798. The second-order valence-corrected chi connectivity index (χ2v) is 7.46. The van der Waals surface area contributed by atoms with Crippen molar-refractivity contribution in [1.82, 2.24) is 14.8 Å². The molecule has 0 aliphatic carbocycles. The van der Waals surface area contributed by atoms with E-state index < -0.39 is 15.9 Å². The number of halogens is 2. The molecule has 21 heavy (non-hydrogen) atoms. The van der Waals surface area contributed by atoms with Crippen LogP contribution in [0.2, 0.25) is 10.2 Å². The van der Waals surface area contributed by atoms with Gasteiger partial charge in [-0.05, 0) is 6.07 Å². The molecule has 2 N–H and O–H groups in total. The highest BCUT2D eigenvalue weighted by molar-refractivity contribution is 7.92. The Morgan fingerprint density at radius 1 is 1.33 bits per heavy atom. The van der Waals surface area contributed by atoms with Gasteiger partial charge in [-0.25, -0.2) is 8.42 Å². The molecule has 1 amide bonds. The average Bonchev–Trinajstić information content (AvgIpc) is 2.87. The maximum Gasteiger partial charge on any atom is 0.274 e. The number of carbonyl (C=O) groups excluding carboxylic acids is 1. The number of nitrogens with one attached hydrogen (secondary N) is 2. The molecule has 0 aliphatic rings. The van der Waals surface area contributed by atoms with Gasteiger partial charge in [0.2, 0.25) is 20.3 Å². The van der Waals surface area contributed by atoms with E-state index in [0.29, 0.717) is 0 Å². The highest BCUT2D eigenvalue weighted by Crippen LogP contribution is 2.26. The fraction of sp³-hybridized carbons (Fsp3) is 0.222. The lowest BCUT2D eigenvalue weighted by atomic mass is 10.4. The van der Waals surface area contributed by atoms with Gasteiger partial charge in [-0.1, -0.05) is 34.5 Å². The van der Waals surface area contributed by atoms with Crippen molar-refractivity contribution in [3.63, 3.8) is 0 Å². The van der Waals surface area contributed by atoms with Gasteiger partial charge >= 0.3 is 0 Å². The normalized spacial score (nSPS) is 11.4. The largest absolute Gasteiger partial charge is 0.329 e. The van der Waals surface area contributed by atoms with Crippen LogP contribution < -0.4 is 10.0 Å². The molecule has 0 saturated heterocycles. The molecule has 0 unspecified atom stereocenters. The van der Waals surface area contributed by atoms with E-state index in [0.717, 1.165) is 17.6 Å². The first kappa shape index (κ1) is 16.0. The first-order chi connectivity index (χ1) is 9.67. The van der Waals surface area contributed by atoms with E-state index in [1.807, 2.05) is 0 Å². The van der Waals surface area contributed by atoms with Gasteiger partial charge in [0, 0.05) is 7.05 Å². The molecule has 2 rings (SSSR count). The second kappa shape index (κ2) is 5.79. The Kier molecular flexibility index (Phi) is 4.42. The molecule has 0 spiro atoms. The number of nitrogens with zero attached hydrogens (tertiary/aromatic N) is 3. The third-order valence-corrected chi connectivity index (χ3v) is 4.56. The zero-order valence-electron chi connectivity index (χ0n) is 10.7. The molecule has 2 heterocycles. The quantitative estimate of drug-likeness (QED) is 0.854. The minimum Gasteiger partial charge on any atom is -0.329 e. The highest BCUT2D eigenvalue weighted by atomic mass is 35.5. The van der Waals surface area contributed by atoms with E-state index in [1.165, 1.54) is 10.6 Å². The standard InChI is InChI=1S/C9H9Cl2N5O3S2/c1-16-5(3-4(10)6(16)11)7(17)12-8-13-14-9(20-8)15-21(2,18)19/h3H,1-2H3,(H,14,15)(H,12,13,17). The Balaban J connectivity index is 2.15. The van der Waals surface area contributed by atoms with Gasteiger partial charge in [0.05, 0.1) is 11.3 Å². The molecule has 0 fully saturated rings. The van der Waals surface area contributed by atoms with Crippen LogP contribution in [0.25, 0.3) is 0 Å². The summed E-state index contributed by atoms with van der Waals surface area (Å²) in [7, 11) is -1.86. The summed E-state index contributed by atoms with van der Waals surface area (Å²) < 4.78 is 25.7. The fourth-order valence-corrected chi connectivity index (χ4v) is 3.24. The minimum atomic E-state index is -3.45. The van der Waals surface area contributed by atoms with Gasteiger partial charge in [0.15, 0.2) is 0 Å². The summed E-state index contributed by atoms with van der Waals surface area (Å²) >= 11 is 12.6. The Morgan fingerprint density at radius 3 is 2.48 bits per heavy atom. The smallest absolute Gasteiger partial charge is 0.274 e. The van der Waals surface area contributed by atoms with Gasteiger partial charge in [0.25, 0.3) is 5.91 Å². The van der Waals surface area contributed by atoms with Crippen molar-refractivity contribution in [1.29, 1.82) is 0 Å². The van der Waals surface area contributed by atoms with E-state index >= 15 is 0 Å². The number of amides is 1. The fourth-order valence-electron chi connectivity index (χ4n) is 1.39. The van der Waals surface area contributed by atoms with Crippen LogP contribution in [0.4, 0.5) is 10.3 Å². The zero-order valence-corrected chi connectivity index (χ0v) is 13.9. The molecule has 12 heteroatoms. The lowest BCUT2D eigenvalue weighted by Gasteiger charge is -2.02. The molecule has 2 aromatic heterocycles.